The van der Waals surface area contributed by atoms with E-state index < -0.39 is 0 Å². The third-order valence-electron chi connectivity index (χ3n) is 2.64. The quantitative estimate of drug-likeness (QED) is 0.790. The summed E-state index contributed by atoms with van der Waals surface area (Å²) in [5.41, 5.74) is 1.88. The molecule has 0 bridgehead atoms. The van der Waals surface area contributed by atoms with Crippen molar-refractivity contribution in [2.75, 3.05) is 32.6 Å². The summed E-state index contributed by atoms with van der Waals surface area (Å²) < 4.78 is 4.55. The lowest BCUT2D eigenvalue weighted by Crippen LogP contribution is -2.31. The Labute approximate surface area is 113 Å². The van der Waals surface area contributed by atoms with Crippen LogP contribution in [0, 0.1) is 6.92 Å². The zero-order valence-corrected chi connectivity index (χ0v) is 11.6. The summed E-state index contributed by atoms with van der Waals surface area (Å²) >= 11 is 0. The molecule has 19 heavy (non-hydrogen) atoms. The number of rotatable bonds is 6. The maximum atomic E-state index is 11.8. The molecule has 5 nitrogen and oxygen atoms in total. The minimum Gasteiger partial charge on any atom is -0.469 e. The molecule has 1 N–H and O–H groups in total. The number of amides is 1. The molecule has 0 aliphatic carbocycles. The van der Waals surface area contributed by atoms with Crippen LogP contribution in [-0.2, 0) is 14.3 Å². The van der Waals surface area contributed by atoms with Crippen LogP contribution in [0.4, 0.5) is 5.69 Å². The summed E-state index contributed by atoms with van der Waals surface area (Å²) in [6, 6.07) is 7.62. The molecule has 104 valence electrons. The molecule has 0 aliphatic rings. The number of methoxy groups -OCH3 is 1. The van der Waals surface area contributed by atoms with Gasteiger partial charge in [-0.25, -0.2) is 0 Å². The molecule has 1 aromatic rings. The van der Waals surface area contributed by atoms with Gasteiger partial charge in [-0.05, 0) is 31.7 Å². The van der Waals surface area contributed by atoms with Gasteiger partial charge in [0.1, 0.15) is 0 Å². The van der Waals surface area contributed by atoms with E-state index in [1.807, 2.05) is 31.2 Å². The van der Waals surface area contributed by atoms with Gasteiger partial charge in [0.15, 0.2) is 0 Å². The van der Waals surface area contributed by atoms with Crippen molar-refractivity contribution in [1.82, 2.24) is 4.90 Å². The van der Waals surface area contributed by atoms with Gasteiger partial charge in [0.25, 0.3) is 0 Å². The van der Waals surface area contributed by atoms with Crippen LogP contribution in [0.3, 0.4) is 0 Å². The average Bonchev–Trinajstić information content (AvgIpc) is 2.35. The smallest absolute Gasteiger partial charge is 0.306 e. The van der Waals surface area contributed by atoms with Crippen LogP contribution < -0.4 is 5.32 Å². The van der Waals surface area contributed by atoms with E-state index in [2.05, 4.69) is 10.1 Å². The molecule has 0 radical (unpaired) electrons. The Bertz CT molecular complexity index is 446. The highest BCUT2D eigenvalue weighted by molar-refractivity contribution is 5.92. The van der Waals surface area contributed by atoms with E-state index in [0.717, 1.165) is 11.3 Å². The molecule has 1 aromatic carbocycles. The van der Waals surface area contributed by atoms with Crippen LogP contribution in [0.5, 0.6) is 0 Å². The van der Waals surface area contributed by atoms with Gasteiger partial charge in [-0.15, -0.1) is 0 Å². The Balaban J connectivity index is 2.36. The summed E-state index contributed by atoms with van der Waals surface area (Å²) in [7, 11) is 3.14. The van der Waals surface area contributed by atoms with Crippen LogP contribution in [0.15, 0.2) is 24.3 Å². The van der Waals surface area contributed by atoms with E-state index in [-0.39, 0.29) is 24.8 Å². The molecular formula is C14H20N2O3. The standard InChI is InChI=1S/C14H20N2O3/c1-11-5-4-6-12(9-11)15-13(17)10-16(2)8-7-14(18)19-3/h4-6,9H,7-8,10H2,1-3H3,(H,15,17). The van der Waals surface area contributed by atoms with Crippen molar-refractivity contribution in [3.8, 4) is 0 Å². The molecule has 0 fully saturated rings. The lowest BCUT2D eigenvalue weighted by atomic mass is 10.2. The largest absolute Gasteiger partial charge is 0.469 e. The van der Waals surface area contributed by atoms with Gasteiger partial charge in [-0.3, -0.25) is 14.5 Å². The number of hydrogen-bond donors (Lipinski definition) is 1. The Morgan fingerprint density at radius 3 is 2.74 bits per heavy atom. The second-order valence-electron chi connectivity index (χ2n) is 4.48. The molecule has 1 amide bonds. The summed E-state index contributed by atoms with van der Waals surface area (Å²) in [4.78, 5) is 24.5. The lowest BCUT2D eigenvalue weighted by Gasteiger charge is -2.15. The summed E-state index contributed by atoms with van der Waals surface area (Å²) in [5.74, 6) is -0.371. The SMILES string of the molecule is COC(=O)CCN(C)CC(=O)Nc1cccc(C)c1. The fourth-order valence-electron chi connectivity index (χ4n) is 1.63. The third-order valence-corrected chi connectivity index (χ3v) is 2.64. The van der Waals surface area contributed by atoms with Gasteiger partial charge >= 0.3 is 5.97 Å². The number of hydrogen-bond acceptors (Lipinski definition) is 4. The normalized spacial score (nSPS) is 10.3. The van der Waals surface area contributed by atoms with Crippen LogP contribution in [-0.4, -0.2) is 44.0 Å². The number of benzene rings is 1. The molecule has 0 saturated carbocycles. The second-order valence-corrected chi connectivity index (χ2v) is 4.48. The first kappa shape index (κ1) is 15.2. The number of aryl methyl sites for hydroxylation is 1. The molecule has 0 aliphatic heterocycles. The number of nitrogens with zero attached hydrogens (tertiary/aromatic N) is 1. The topological polar surface area (TPSA) is 58.6 Å². The minimum absolute atomic E-state index is 0.0991. The fraction of sp³-hybridized carbons (Fsp3) is 0.429. The Kier molecular flexibility index (Phi) is 6.02. The maximum absolute atomic E-state index is 11.8. The number of carbonyl (C=O) groups is 2. The molecule has 5 heteroatoms. The highest BCUT2D eigenvalue weighted by Gasteiger charge is 2.09. The molecule has 1 rings (SSSR count). The summed E-state index contributed by atoms with van der Waals surface area (Å²) in [6.45, 7) is 2.71. The monoisotopic (exact) mass is 264 g/mol. The van der Waals surface area contributed by atoms with E-state index >= 15 is 0 Å². The van der Waals surface area contributed by atoms with Gasteiger partial charge in [0.05, 0.1) is 20.1 Å². The third kappa shape index (κ3) is 6.01. The Morgan fingerprint density at radius 2 is 2.11 bits per heavy atom. The van der Waals surface area contributed by atoms with Gasteiger partial charge < -0.3 is 10.1 Å². The summed E-state index contributed by atoms with van der Waals surface area (Å²) in [5, 5.41) is 2.82. The minimum atomic E-state index is -0.272. The Morgan fingerprint density at radius 1 is 1.37 bits per heavy atom. The number of likely N-dealkylation sites (N-methyl/N-ethyl adjacent to an activating group) is 1. The lowest BCUT2D eigenvalue weighted by molar-refractivity contribution is -0.141. The molecule has 0 aromatic heterocycles. The van der Waals surface area contributed by atoms with E-state index in [0.29, 0.717) is 6.54 Å². The predicted molar refractivity (Wildman–Crippen MR) is 73.9 cm³/mol. The predicted octanol–water partition coefficient (Wildman–Crippen LogP) is 1.43. The zero-order valence-electron chi connectivity index (χ0n) is 11.6. The molecule has 0 atom stereocenters. The van der Waals surface area contributed by atoms with Crippen molar-refractivity contribution in [3.63, 3.8) is 0 Å². The molecule has 0 heterocycles. The van der Waals surface area contributed by atoms with Crippen molar-refractivity contribution in [2.45, 2.75) is 13.3 Å². The first-order valence-corrected chi connectivity index (χ1v) is 6.13. The van der Waals surface area contributed by atoms with Gasteiger partial charge in [0, 0.05) is 12.2 Å². The number of nitrogens with one attached hydrogen (secondary N) is 1. The molecule has 0 spiro atoms. The van der Waals surface area contributed by atoms with E-state index in [4.69, 9.17) is 0 Å². The van der Waals surface area contributed by atoms with Crippen molar-refractivity contribution in [2.24, 2.45) is 0 Å². The highest BCUT2D eigenvalue weighted by atomic mass is 16.5. The van der Waals surface area contributed by atoms with Crippen LogP contribution in [0.25, 0.3) is 0 Å². The number of esters is 1. The van der Waals surface area contributed by atoms with Gasteiger partial charge in [-0.2, -0.15) is 0 Å². The van der Waals surface area contributed by atoms with Crippen LogP contribution >= 0.6 is 0 Å². The Hall–Kier alpha value is -1.88. The highest BCUT2D eigenvalue weighted by Crippen LogP contribution is 2.09. The van der Waals surface area contributed by atoms with Crippen LogP contribution in [0.2, 0.25) is 0 Å². The van der Waals surface area contributed by atoms with Crippen molar-refractivity contribution < 1.29 is 14.3 Å². The number of ether oxygens (including phenoxy) is 1. The summed E-state index contributed by atoms with van der Waals surface area (Å²) in [6.07, 6.45) is 0.282. The van der Waals surface area contributed by atoms with E-state index in [1.165, 1.54) is 7.11 Å². The molecular weight excluding hydrogens is 244 g/mol. The van der Waals surface area contributed by atoms with Crippen LogP contribution in [0.1, 0.15) is 12.0 Å². The number of carbonyl (C=O) groups excluding carboxylic acids is 2. The maximum Gasteiger partial charge on any atom is 0.306 e. The van der Waals surface area contributed by atoms with E-state index in [1.54, 1.807) is 11.9 Å². The first-order chi connectivity index (χ1) is 9.01. The zero-order chi connectivity index (χ0) is 14.3. The van der Waals surface area contributed by atoms with Gasteiger partial charge in [0.2, 0.25) is 5.91 Å². The van der Waals surface area contributed by atoms with Gasteiger partial charge in [-0.1, -0.05) is 12.1 Å². The average molecular weight is 264 g/mol. The molecule has 0 saturated heterocycles. The first-order valence-electron chi connectivity index (χ1n) is 6.13. The fourth-order valence-corrected chi connectivity index (χ4v) is 1.63. The second kappa shape index (κ2) is 7.53. The number of anilines is 1. The van der Waals surface area contributed by atoms with E-state index in [9.17, 15) is 9.59 Å². The van der Waals surface area contributed by atoms with Crippen molar-refractivity contribution in [3.05, 3.63) is 29.8 Å². The molecule has 0 unspecified atom stereocenters. The van der Waals surface area contributed by atoms with Crippen molar-refractivity contribution >= 4 is 17.6 Å². The van der Waals surface area contributed by atoms with Crippen molar-refractivity contribution in [1.29, 1.82) is 0 Å².